The number of hydrogen-bond acceptors (Lipinski definition) is 4. The van der Waals surface area contributed by atoms with Crippen LogP contribution in [0.25, 0.3) is 11.1 Å². The van der Waals surface area contributed by atoms with E-state index in [0.717, 1.165) is 23.1 Å². The Morgan fingerprint density at radius 1 is 0.595 bits per heavy atom. The predicted octanol–water partition coefficient (Wildman–Crippen LogP) is 6.61. The molecule has 0 atom stereocenters. The largest absolute Gasteiger partial charge is 0.483 e. The van der Waals surface area contributed by atoms with Crippen molar-refractivity contribution in [1.82, 2.24) is 10.2 Å². The lowest BCUT2D eigenvalue weighted by atomic mass is 10.0. The maximum absolute atomic E-state index is 6.11. The number of hydrogen-bond donors (Lipinski definition) is 0. The quantitative estimate of drug-likeness (QED) is 0.252. The van der Waals surface area contributed by atoms with Crippen LogP contribution in [0.1, 0.15) is 33.5 Å². The van der Waals surface area contributed by atoms with Crippen LogP contribution in [0.15, 0.2) is 109 Å². The zero-order valence-corrected chi connectivity index (χ0v) is 20.2. The third-order valence-electron chi connectivity index (χ3n) is 6.31. The Labute approximate surface area is 216 Å². The molecular weight excluding hydrogens is 456 g/mol. The summed E-state index contributed by atoms with van der Waals surface area (Å²) < 4.78 is 12.1. The molecule has 37 heavy (non-hydrogen) atoms. The summed E-state index contributed by atoms with van der Waals surface area (Å²) in [5.74, 6) is 7.27. The van der Waals surface area contributed by atoms with Crippen LogP contribution in [-0.2, 0) is 19.6 Å². The summed E-state index contributed by atoms with van der Waals surface area (Å²) in [5, 5.41) is 8.60. The molecule has 1 aliphatic rings. The molecule has 0 saturated carbocycles. The molecule has 178 valence electrons. The van der Waals surface area contributed by atoms with Crippen LogP contribution in [0.5, 0.6) is 11.6 Å². The van der Waals surface area contributed by atoms with E-state index in [1.54, 1.807) is 6.07 Å². The fourth-order valence-corrected chi connectivity index (χ4v) is 4.45. The van der Waals surface area contributed by atoms with Gasteiger partial charge < -0.3 is 9.47 Å². The smallest absolute Gasteiger partial charge is 0.276 e. The van der Waals surface area contributed by atoms with Crippen molar-refractivity contribution in [2.24, 2.45) is 0 Å². The van der Waals surface area contributed by atoms with Gasteiger partial charge in [-0.2, -0.15) is 0 Å². The van der Waals surface area contributed by atoms with Crippen LogP contribution in [0, 0.1) is 11.8 Å². The molecule has 0 radical (unpaired) electrons. The molecule has 4 nitrogen and oxygen atoms in total. The van der Waals surface area contributed by atoms with Crippen LogP contribution in [0.2, 0.25) is 0 Å². The molecule has 4 aromatic carbocycles. The van der Waals surface area contributed by atoms with Crippen molar-refractivity contribution in [1.29, 1.82) is 0 Å². The van der Waals surface area contributed by atoms with Crippen molar-refractivity contribution in [2.75, 3.05) is 0 Å². The lowest BCUT2D eigenvalue weighted by Crippen LogP contribution is -2.04. The van der Waals surface area contributed by atoms with Crippen molar-refractivity contribution in [2.45, 2.75) is 19.6 Å². The first-order chi connectivity index (χ1) is 18.3. The van der Waals surface area contributed by atoms with Crippen molar-refractivity contribution in [3.05, 3.63) is 143 Å². The monoisotopic (exact) mass is 480 g/mol. The maximum atomic E-state index is 6.11. The van der Waals surface area contributed by atoms with Crippen LogP contribution in [0.3, 0.4) is 0 Å². The van der Waals surface area contributed by atoms with Gasteiger partial charge in [0.25, 0.3) is 5.88 Å². The lowest BCUT2D eigenvalue weighted by Gasteiger charge is -2.11. The molecule has 0 aliphatic heterocycles. The summed E-state index contributed by atoms with van der Waals surface area (Å²) in [5.41, 5.74) is 8.84. The average Bonchev–Trinajstić information content (AvgIpc) is 3.33. The first kappa shape index (κ1) is 22.6. The molecular formula is C33H24N2O2. The summed E-state index contributed by atoms with van der Waals surface area (Å²) in [6, 6.07) is 36.7. The zero-order chi connectivity index (χ0) is 24.9. The molecule has 1 aliphatic carbocycles. The van der Waals surface area contributed by atoms with Gasteiger partial charge in [-0.15, -0.1) is 10.2 Å². The number of benzene rings is 4. The highest BCUT2D eigenvalue weighted by Gasteiger charge is 2.17. The summed E-state index contributed by atoms with van der Waals surface area (Å²) >= 11 is 0. The second-order valence-corrected chi connectivity index (χ2v) is 8.90. The summed E-state index contributed by atoms with van der Waals surface area (Å²) in [7, 11) is 0. The van der Waals surface area contributed by atoms with Gasteiger partial charge in [-0.25, -0.2) is 0 Å². The van der Waals surface area contributed by atoms with Gasteiger partial charge in [-0.3, -0.25) is 0 Å². The van der Waals surface area contributed by atoms with E-state index in [2.05, 4.69) is 64.5 Å². The van der Waals surface area contributed by atoms with E-state index in [1.165, 1.54) is 22.3 Å². The standard InChI is InChI=1S/C33H24N2O2/c1-3-9-25(10-4-1)22-36-32-21-29(34-35-33(32)37-23-26-11-5-2-6-12-26)17-15-24-16-18-31-28(19-24)20-27-13-7-8-14-30(27)31/h1-14,16,18-19,21H,20,22-23H2. The van der Waals surface area contributed by atoms with Gasteiger partial charge in [-0.1, -0.05) is 96.9 Å². The van der Waals surface area contributed by atoms with Crippen LogP contribution < -0.4 is 9.47 Å². The molecule has 0 unspecified atom stereocenters. The average molecular weight is 481 g/mol. The minimum atomic E-state index is 0.348. The Hall–Kier alpha value is -4.88. The topological polar surface area (TPSA) is 44.2 Å². The highest BCUT2D eigenvalue weighted by atomic mass is 16.5. The minimum Gasteiger partial charge on any atom is -0.483 e. The van der Waals surface area contributed by atoms with E-state index in [0.29, 0.717) is 30.5 Å². The van der Waals surface area contributed by atoms with E-state index in [1.807, 2.05) is 60.7 Å². The minimum absolute atomic E-state index is 0.348. The molecule has 1 aromatic heterocycles. The van der Waals surface area contributed by atoms with Crippen molar-refractivity contribution in [3.63, 3.8) is 0 Å². The van der Waals surface area contributed by atoms with Crippen LogP contribution in [0.4, 0.5) is 0 Å². The summed E-state index contributed by atoms with van der Waals surface area (Å²) in [4.78, 5) is 0. The van der Waals surface area contributed by atoms with E-state index in [9.17, 15) is 0 Å². The van der Waals surface area contributed by atoms with E-state index < -0.39 is 0 Å². The highest BCUT2D eigenvalue weighted by Crippen LogP contribution is 2.36. The molecule has 5 aromatic rings. The zero-order valence-electron chi connectivity index (χ0n) is 20.2. The second kappa shape index (κ2) is 10.4. The fraction of sp³-hybridized carbons (Fsp3) is 0.0909. The number of fused-ring (bicyclic) bond motifs is 3. The van der Waals surface area contributed by atoms with Crippen molar-refractivity contribution >= 4 is 0 Å². The maximum Gasteiger partial charge on any atom is 0.276 e. The van der Waals surface area contributed by atoms with Crippen molar-refractivity contribution < 1.29 is 9.47 Å². The normalized spacial score (nSPS) is 11.1. The number of aromatic nitrogens is 2. The van der Waals surface area contributed by atoms with Gasteiger partial charge in [0.05, 0.1) is 0 Å². The molecule has 0 amide bonds. The first-order valence-electron chi connectivity index (χ1n) is 12.3. The van der Waals surface area contributed by atoms with Gasteiger partial charge in [0.1, 0.15) is 18.9 Å². The second-order valence-electron chi connectivity index (χ2n) is 8.90. The Morgan fingerprint density at radius 2 is 1.27 bits per heavy atom. The molecule has 6 rings (SSSR count). The molecule has 0 N–H and O–H groups in total. The molecule has 1 heterocycles. The Morgan fingerprint density at radius 3 is 2.05 bits per heavy atom. The Bertz CT molecular complexity index is 1600. The third kappa shape index (κ3) is 5.22. The molecule has 0 fully saturated rings. The third-order valence-corrected chi connectivity index (χ3v) is 6.31. The molecule has 4 heteroatoms. The van der Waals surface area contributed by atoms with Gasteiger partial charge in [0, 0.05) is 11.6 Å². The number of ether oxygens (including phenoxy) is 2. The van der Waals surface area contributed by atoms with Crippen LogP contribution >= 0.6 is 0 Å². The molecule has 0 bridgehead atoms. The van der Waals surface area contributed by atoms with E-state index in [4.69, 9.17) is 9.47 Å². The highest BCUT2D eigenvalue weighted by molar-refractivity contribution is 5.77. The molecule has 0 spiro atoms. The fourth-order valence-electron chi connectivity index (χ4n) is 4.45. The van der Waals surface area contributed by atoms with Gasteiger partial charge >= 0.3 is 0 Å². The van der Waals surface area contributed by atoms with Crippen LogP contribution in [-0.4, -0.2) is 10.2 Å². The number of rotatable bonds is 6. The Kier molecular flexibility index (Phi) is 6.34. The number of nitrogens with zero attached hydrogens (tertiary/aromatic N) is 2. The van der Waals surface area contributed by atoms with Gasteiger partial charge in [0.15, 0.2) is 5.75 Å². The predicted molar refractivity (Wildman–Crippen MR) is 144 cm³/mol. The van der Waals surface area contributed by atoms with Gasteiger partial charge in [0.2, 0.25) is 0 Å². The first-order valence-corrected chi connectivity index (χ1v) is 12.3. The van der Waals surface area contributed by atoms with Crippen molar-refractivity contribution in [3.8, 4) is 34.6 Å². The summed E-state index contributed by atoms with van der Waals surface area (Å²) in [6.45, 7) is 0.770. The van der Waals surface area contributed by atoms with Gasteiger partial charge in [-0.05, 0) is 57.9 Å². The van der Waals surface area contributed by atoms with E-state index in [-0.39, 0.29) is 0 Å². The SMILES string of the molecule is C(#Cc1cc(OCc2ccccc2)c(OCc2ccccc2)nn1)c1ccc2c(c1)Cc1ccccc1-2. The van der Waals surface area contributed by atoms with E-state index >= 15 is 0 Å². The summed E-state index contributed by atoms with van der Waals surface area (Å²) in [6.07, 6.45) is 0.936. The molecule has 0 saturated heterocycles. The Balaban J connectivity index is 1.24. The lowest BCUT2D eigenvalue weighted by molar-refractivity contribution is 0.244.